The second kappa shape index (κ2) is 7.42. The molecule has 1 aliphatic rings. The van der Waals surface area contributed by atoms with E-state index in [4.69, 9.17) is 0 Å². The molecule has 2 aromatic heterocycles. The molecule has 1 atom stereocenters. The van der Waals surface area contributed by atoms with E-state index < -0.39 is 0 Å². The van der Waals surface area contributed by atoms with Crippen LogP contribution in [-0.4, -0.2) is 33.0 Å². The Morgan fingerprint density at radius 1 is 1.29 bits per heavy atom. The molecular weight excluding hydrogens is 354 g/mol. The van der Waals surface area contributed by atoms with Crippen LogP contribution in [0.5, 0.6) is 0 Å². The van der Waals surface area contributed by atoms with E-state index >= 15 is 0 Å². The average Bonchev–Trinajstić information content (AvgIpc) is 3.30. The molecular formula is C21H23N5O2. The van der Waals surface area contributed by atoms with Gasteiger partial charge in [0.1, 0.15) is 0 Å². The number of nitrogens with one attached hydrogen (secondary N) is 1. The molecule has 0 spiro atoms. The number of carbonyl (C=O) groups is 2. The van der Waals surface area contributed by atoms with Gasteiger partial charge >= 0.3 is 0 Å². The number of benzene rings is 1. The van der Waals surface area contributed by atoms with Crippen molar-refractivity contribution in [2.75, 3.05) is 11.4 Å². The van der Waals surface area contributed by atoms with Crippen molar-refractivity contribution in [1.82, 2.24) is 19.9 Å². The minimum absolute atomic E-state index is 0.0184. The molecule has 1 N–H and O–H groups in total. The summed E-state index contributed by atoms with van der Waals surface area (Å²) < 4.78 is 1.67. The van der Waals surface area contributed by atoms with E-state index in [9.17, 15) is 9.59 Å². The molecule has 1 fully saturated rings. The Morgan fingerprint density at radius 2 is 2.07 bits per heavy atom. The number of fused-ring (bicyclic) bond motifs is 1. The summed E-state index contributed by atoms with van der Waals surface area (Å²) in [7, 11) is 0. The molecule has 0 aliphatic carbocycles. The molecule has 2 amide bonds. The van der Waals surface area contributed by atoms with Crippen LogP contribution in [0, 0.1) is 5.92 Å². The Bertz CT molecular complexity index is 1010. The van der Waals surface area contributed by atoms with E-state index in [2.05, 4.69) is 29.2 Å². The summed E-state index contributed by atoms with van der Waals surface area (Å²) in [5.41, 5.74) is 3.64. The predicted molar refractivity (Wildman–Crippen MR) is 106 cm³/mol. The van der Waals surface area contributed by atoms with E-state index in [-0.39, 0.29) is 24.2 Å². The molecule has 144 valence electrons. The zero-order valence-corrected chi connectivity index (χ0v) is 16.0. The van der Waals surface area contributed by atoms with E-state index in [1.165, 1.54) is 5.56 Å². The maximum absolute atomic E-state index is 12.6. The number of carbonyl (C=O) groups excluding carboxylic acids is 2. The molecule has 1 aliphatic heterocycles. The number of anilines is 1. The van der Waals surface area contributed by atoms with Crippen molar-refractivity contribution >= 4 is 23.1 Å². The highest BCUT2D eigenvalue weighted by Gasteiger charge is 2.35. The molecule has 0 saturated carbocycles. The highest BCUT2D eigenvalue weighted by Crippen LogP contribution is 2.27. The van der Waals surface area contributed by atoms with Crippen LogP contribution in [0.1, 0.15) is 37.3 Å². The van der Waals surface area contributed by atoms with Gasteiger partial charge in [-0.15, -0.1) is 0 Å². The standard InChI is InChI=1S/C21H23N5O2/c1-14(2)15-4-6-18(7-5-15)25-13-16(10-19(25)27)21(28)23-11-17-12-24-26-9-3-8-22-20(17)26/h3-9,12,14,16H,10-11,13H2,1-2H3,(H,23,28)/t16-/m1/s1. The van der Waals surface area contributed by atoms with Gasteiger partial charge in [-0.25, -0.2) is 9.50 Å². The topological polar surface area (TPSA) is 79.6 Å². The fraction of sp³-hybridized carbons (Fsp3) is 0.333. The minimum Gasteiger partial charge on any atom is -0.352 e. The van der Waals surface area contributed by atoms with Crippen LogP contribution in [0.3, 0.4) is 0 Å². The average molecular weight is 377 g/mol. The van der Waals surface area contributed by atoms with Crippen LogP contribution in [0.4, 0.5) is 5.69 Å². The third-order valence-corrected chi connectivity index (χ3v) is 5.17. The number of hydrogen-bond donors (Lipinski definition) is 1. The molecule has 0 bridgehead atoms. The van der Waals surface area contributed by atoms with Crippen molar-refractivity contribution in [1.29, 1.82) is 0 Å². The monoisotopic (exact) mass is 377 g/mol. The third-order valence-electron chi connectivity index (χ3n) is 5.17. The van der Waals surface area contributed by atoms with Crippen molar-refractivity contribution < 1.29 is 9.59 Å². The Hall–Kier alpha value is -3.22. The summed E-state index contributed by atoms with van der Waals surface area (Å²) in [6.45, 7) is 5.01. The maximum atomic E-state index is 12.6. The fourth-order valence-electron chi connectivity index (χ4n) is 3.50. The highest BCUT2D eigenvalue weighted by atomic mass is 16.2. The van der Waals surface area contributed by atoms with Gasteiger partial charge in [0, 0.05) is 43.2 Å². The van der Waals surface area contributed by atoms with Crippen LogP contribution >= 0.6 is 0 Å². The first-order valence-electron chi connectivity index (χ1n) is 9.48. The normalized spacial score (nSPS) is 16.9. The first kappa shape index (κ1) is 18.2. The van der Waals surface area contributed by atoms with Gasteiger partial charge in [0.05, 0.1) is 12.1 Å². The van der Waals surface area contributed by atoms with Gasteiger partial charge in [-0.1, -0.05) is 26.0 Å². The van der Waals surface area contributed by atoms with Crippen molar-refractivity contribution in [3.8, 4) is 0 Å². The predicted octanol–water partition coefficient (Wildman–Crippen LogP) is 2.52. The van der Waals surface area contributed by atoms with Gasteiger partial charge in [0.15, 0.2) is 5.65 Å². The summed E-state index contributed by atoms with van der Waals surface area (Å²) in [4.78, 5) is 31.0. The Balaban J connectivity index is 1.39. The minimum atomic E-state index is -0.355. The Morgan fingerprint density at radius 3 is 2.82 bits per heavy atom. The van der Waals surface area contributed by atoms with Gasteiger partial charge in [-0.2, -0.15) is 5.10 Å². The van der Waals surface area contributed by atoms with E-state index in [1.54, 1.807) is 27.9 Å². The Labute approximate surface area is 163 Å². The third kappa shape index (κ3) is 3.47. The van der Waals surface area contributed by atoms with E-state index in [1.807, 2.05) is 30.5 Å². The molecule has 0 radical (unpaired) electrons. The van der Waals surface area contributed by atoms with Gasteiger partial charge < -0.3 is 10.2 Å². The second-order valence-corrected chi connectivity index (χ2v) is 7.43. The molecule has 28 heavy (non-hydrogen) atoms. The molecule has 4 rings (SSSR count). The van der Waals surface area contributed by atoms with Gasteiger partial charge in [-0.05, 0) is 29.7 Å². The zero-order valence-electron chi connectivity index (χ0n) is 16.0. The number of rotatable bonds is 5. The quantitative estimate of drug-likeness (QED) is 0.741. The second-order valence-electron chi connectivity index (χ2n) is 7.43. The van der Waals surface area contributed by atoms with Gasteiger partial charge in [0.2, 0.25) is 11.8 Å². The van der Waals surface area contributed by atoms with E-state index in [0.717, 1.165) is 16.9 Å². The highest BCUT2D eigenvalue weighted by molar-refractivity contribution is 6.00. The lowest BCUT2D eigenvalue weighted by molar-refractivity contribution is -0.126. The van der Waals surface area contributed by atoms with Crippen molar-refractivity contribution in [2.45, 2.75) is 32.7 Å². The van der Waals surface area contributed by atoms with Gasteiger partial charge in [-0.3, -0.25) is 9.59 Å². The fourth-order valence-corrected chi connectivity index (χ4v) is 3.50. The molecule has 7 nitrogen and oxygen atoms in total. The lowest BCUT2D eigenvalue weighted by Gasteiger charge is -2.17. The smallest absolute Gasteiger partial charge is 0.227 e. The summed E-state index contributed by atoms with van der Waals surface area (Å²) in [5.74, 6) is -0.0524. The van der Waals surface area contributed by atoms with E-state index in [0.29, 0.717) is 19.0 Å². The first-order chi connectivity index (χ1) is 13.5. The number of hydrogen-bond acceptors (Lipinski definition) is 4. The van der Waals surface area contributed by atoms with Crippen LogP contribution in [0.15, 0.2) is 48.9 Å². The SMILES string of the molecule is CC(C)c1ccc(N2C[C@H](C(=O)NCc3cnn4cccnc34)CC2=O)cc1. The van der Waals surface area contributed by atoms with Crippen LogP contribution < -0.4 is 10.2 Å². The largest absolute Gasteiger partial charge is 0.352 e. The molecule has 3 aromatic rings. The maximum Gasteiger partial charge on any atom is 0.227 e. The van der Waals surface area contributed by atoms with Crippen molar-refractivity contribution in [3.05, 3.63) is 60.0 Å². The molecule has 0 unspecified atom stereocenters. The van der Waals surface area contributed by atoms with Gasteiger partial charge in [0.25, 0.3) is 0 Å². The number of amides is 2. The molecule has 3 heterocycles. The lowest BCUT2D eigenvalue weighted by atomic mass is 10.0. The summed E-state index contributed by atoms with van der Waals surface area (Å²) in [5, 5.41) is 7.14. The van der Waals surface area contributed by atoms with Crippen LogP contribution in [0.2, 0.25) is 0 Å². The molecule has 1 aromatic carbocycles. The number of aromatic nitrogens is 3. The van der Waals surface area contributed by atoms with Crippen molar-refractivity contribution in [2.24, 2.45) is 5.92 Å². The van der Waals surface area contributed by atoms with Crippen LogP contribution in [0.25, 0.3) is 5.65 Å². The summed E-state index contributed by atoms with van der Waals surface area (Å²) in [6.07, 6.45) is 5.43. The summed E-state index contributed by atoms with van der Waals surface area (Å²) in [6, 6.07) is 9.79. The van der Waals surface area contributed by atoms with Crippen LogP contribution in [-0.2, 0) is 16.1 Å². The first-order valence-corrected chi connectivity index (χ1v) is 9.48. The van der Waals surface area contributed by atoms with Crippen molar-refractivity contribution in [3.63, 3.8) is 0 Å². The lowest BCUT2D eigenvalue weighted by Crippen LogP contribution is -2.32. The Kier molecular flexibility index (Phi) is 4.81. The zero-order chi connectivity index (χ0) is 19.7. The molecule has 7 heteroatoms. The molecule has 1 saturated heterocycles. The summed E-state index contributed by atoms with van der Waals surface area (Å²) >= 11 is 0. The number of nitrogens with zero attached hydrogens (tertiary/aromatic N) is 4.